The Balaban J connectivity index is 1.57. The van der Waals surface area contributed by atoms with Crippen molar-refractivity contribution in [3.8, 4) is 5.75 Å². The molecule has 3 rings (SSSR count). The molecule has 9 heteroatoms. The number of sulfonamides is 1. The van der Waals surface area contributed by atoms with Crippen LogP contribution >= 0.6 is 11.6 Å². The molecular weight excluding hydrogens is 392 g/mol. The van der Waals surface area contributed by atoms with E-state index < -0.39 is 10.0 Å². The Hall–Kier alpha value is -2.13. The second-order valence-corrected chi connectivity index (χ2v) is 8.21. The first-order chi connectivity index (χ1) is 12.9. The van der Waals surface area contributed by atoms with E-state index in [1.165, 1.54) is 16.4 Å². The smallest absolute Gasteiger partial charge is 0.262 e. The van der Waals surface area contributed by atoms with Crippen LogP contribution in [0.15, 0.2) is 53.4 Å². The molecule has 1 aliphatic heterocycles. The Morgan fingerprint density at radius 1 is 1.15 bits per heavy atom. The fourth-order valence-corrected chi connectivity index (χ4v) is 4.14. The fraction of sp³-hybridized carbons (Fsp3) is 0.278. The van der Waals surface area contributed by atoms with Crippen molar-refractivity contribution < 1.29 is 22.7 Å². The highest BCUT2D eigenvalue weighted by atomic mass is 35.5. The first kappa shape index (κ1) is 19.6. The van der Waals surface area contributed by atoms with Crippen LogP contribution in [0.25, 0.3) is 0 Å². The highest BCUT2D eigenvalue weighted by Crippen LogP contribution is 2.20. The van der Waals surface area contributed by atoms with E-state index in [1.807, 2.05) is 0 Å². The van der Waals surface area contributed by atoms with Crippen molar-refractivity contribution >= 4 is 33.2 Å². The molecule has 27 heavy (non-hydrogen) atoms. The standard InChI is InChI=1S/C18H19ClN2O5S/c19-14-2-1-3-16(12-14)26-13-18(22)20-15-4-6-17(7-5-15)27(23,24)21-8-10-25-11-9-21/h1-7,12H,8-11,13H2,(H,20,22). The largest absolute Gasteiger partial charge is 0.484 e. The number of amides is 1. The Labute approximate surface area is 162 Å². The number of nitrogens with one attached hydrogen (secondary N) is 1. The van der Waals surface area contributed by atoms with Gasteiger partial charge in [-0.2, -0.15) is 4.31 Å². The number of halogens is 1. The summed E-state index contributed by atoms with van der Waals surface area (Å²) < 4.78 is 37.1. The Kier molecular flexibility index (Phi) is 6.33. The van der Waals surface area contributed by atoms with Crippen molar-refractivity contribution in [1.82, 2.24) is 4.31 Å². The second kappa shape index (κ2) is 8.71. The van der Waals surface area contributed by atoms with E-state index in [4.69, 9.17) is 21.1 Å². The summed E-state index contributed by atoms with van der Waals surface area (Å²) in [6.07, 6.45) is 0. The van der Waals surface area contributed by atoms with Crippen molar-refractivity contribution in [3.05, 3.63) is 53.6 Å². The maximum absolute atomic E-state index is 12.6. The van der Waals surface area contributed by atoms with Crippen molar-refractivity contribution in [2.45, 2.75) is 4.90 Å². The number of rotatable bonds is 6. The van der Waals surface area contributed by atoms with Gasteiger partial charge < -0.3 is 14.8 Å². The third kappa shape index (κ3) is 5.20. The molecule has 7 nitrogen and oxygen atoms in total. The molecule has 1 saturated heterocycles. The number of anilines is 1. The van der Waals surface area contributed by atoms with Gasteiger partial charge in [-0.25, -0.2) is 8.42 Å². The van der Waals surface area contributed by atoms with Gasteiger partial charge in [0.05, 0.1) is 18.1 Å². The second-order valence-electron chi connectivity index (χ2n) is 5.84. The molecule has 1 amide bonds. The number of morpholine rings is 1. The molecule has 1 aliphatic rings. The number of hydrogen-bond acceptors (Lipinski definition) is 5. The molecule has 0 aliphatic carbocycles. The number of nitrogens with zero attached hydrogens (tertiary/aromatic N) is 1. The normalized spacial score (nSPS) is 15.3. The van der Waals surface area contributed by atoms with Gasteiger partial charge >= 0.3 is 0 Å². The summed E-state index contributed by atoms with van der Waals surface area (Å²) in [6, 6.07) is 12.8. The van der Waals surface area contributed by atoms with Gasteiger partial charge in [-0.1, -0.05) is 17.7 Å². The number of carbonyl (C=O) groups is 1. The fourth-order valence-electron chi connectivity index (χ4n) is 2.55. The molecule has 2 aromatic rings. The summed E-state index contributed by atoms with van der Waals surface area (Å²) in [6.45, 7) is 1.26. The minimum absolute atomic E-state index is 0.178. The van der Waals surface area contributed by atoms with E-state index in [9.17, 15) is 13.2 Å². The van der Waals surface area contributed by atoms with Crippen LogP contribution in [0.4, 0.5) is 5.69 Å². The minimum atomic E-state index is -3.55. The van der Waals surface area contributed by atoms with Gasteiger partial charge in [0, 0.05) is 23.8 Å². The molecule has 0 spiro atoms. The zero-order valence-corrected chi connectivity index (χ0v) is 16.0. The van der Waals surface area contributed by atoms with Crippen molar-refractivity contribution in [2.24, 2.45) is 0 Å². The zero-order valence-electron chi connectivity index (χ0n) is 14.4. The third-order valence-electron chi connectivity index (χ3n) is 3.91. The van der Waals surface area contributed by atoms with E-state index in [1.54, 1.807) is 36.4 Å². The van der Waals surface area contributed by atoms with Crippen molar-refractivity contribution in [1.29, 1.82) is 0 Å². The summed E-state index contributed by atoms with van der Waals surface area (Å²) in [4.78, 5) is 12.2. The van der Waals surface area contributed by atoms with E-state index in [-0.39, 0.29) is 17.4 Å². The summed E-state index contributed by atoms with van der Waals surface area (Å²) in [5, 5.41) is 3.18. The molecule has 0 atom stereocenters. The lowest BCUT2D eigenvalue weighted by atomic mass is 10.3. The van der Waals surface area contributed by atoms with Gasteiger partial charge in [-0.05, 0) is 42.5 Å². The SMILES string of the molecule is O=C(COc1cccc(Cl)c1)Nc1ccc(S(=O)(=O)N2CCOCC2)cc1. The average Bonchev–Trinajstić information content (AvgIpc) is 2.68. The van der Waals surface area contributed by atoms with Gasteiger partial charge in [0.1, 0.15) is 5.75 Å². The first-order valence-corrected chi connectivity index (χ1v) is 10.1. The van der Waals surface area contributed by atoms with Crippen LogP contribution in [0.1, 0.15) is 0 Å². The highest BCUT2D eigenvalue weighted by Gasteiger charge is 2.26. The van der Waals surface area contributed by atoms with E-state index in [0.29, 0.717) is 42.8 Å². The van der Waals surface area contributed by atoms with Gasteiger partial charge in [0.2, 0.25) is 10.0 Å². The molecule has 0 bridgehead atoms. The van der Waals surface area contributed by atoms with Gasteiger partial charge in [0.15, 0.2) is 6.61 Å². The topological polar surface area (TPSA) is 84.9 Å². The monoisotopic (exact) mass is 410 g/mol. The summed E-state index contributed by atoms with van der Waals surface area (Å²) in [5.41, 5.74) is 0.482. The molecule has 0 saturated carbocycles. The summed E-state index contributed by atoms with van der Waals surface area (Å²) in [7, 11) is -3.55. The molecular formula is C18H19ClN2O5S. The van der Waals surface area contributed by atoms with Crippen LogP contribution in [0.5, 0.6) is 5.75 Å². The predicted octanol–water partition coefficient (Wildman–Crippen LogP) is 2.38. The van der Waals surface area contributed by atoms with Crippen molar-refractivity contribution in [3.63, 3.8) is 0 Å². The van der Waals surface area contributed by atoms with Crippen LogP contribution in [0.2, 0.25) is 5.02 Å². The number of benzene rings is 2. The minimum Gasteiger partial charge on any atom is -0.484 e. The quantitative estimate of drug-likeness (QED) is 0.790. The number of hydrogen-bond donors (Lipinski definition) is 1. The number of ether oxygens (including phenoxy) is 2. The number of carbonyl (C=O) groups excluding carboxylic acids is 1. The van der Waals surface area contributed by atoms with E-state index in [0.717, 1.165) is 0 Å². The zero-order chi connectivity index (χ0) is 19.3. The van der Waals surface area contributed by atoms with E-state index in [2.05, 4.69) is 5.32 Å². The first-order valence-electron chi connectivity index (χ1n) is 8.31. The molecule has 0 aromatic heterocycles. The molecule has 0 unspecified atom stereocenters. The maximum Gasteiger partial charge on any atom is 0.262 e. The van der Waals surface area contributed by atoms with Crippen LogP contribution < -0.4 is 10.1 Å². The summed E-state index contributed by atoms with van der Waals surface area (Å²) in [5.74, 6) is 0.128. The van der Waals surface area contributed by atoms with E-state index >= 15 is 0 Å². The molecule has 0 radical (unpaired) electrons. The maximum atomic E-state index is 12.6. The average molecular weight is 411 g/mol. The summed E-state index contributed by atoms with van der Waals surface area (Å²) >= 11 is 5.86. The third-order valence-corrected chi connectivity index (χ3v) is 6.06. The van der Waals surface area contributed by atoms with Gasteiger partial charge in [0.25, 0.3) is 5.91 Å². The molecule has 2 aromatic carbocycles. The lowest BCUT2D eigenvalue weighted by Crippen LogP contribution is -2.40. The molecule has 1 N–H and O–H groups in total. The highest BCUT2D eigenvalue weighted by molar-refractivity contribution is 7.89. The van der Waals surface area contributed by atoms with Crippen LogP contribution in [0.3, 0.4) is 0 Å². The molecule has 1 heterocycles. The molecule has 1 fully saturated rings. The predicted molar refractivity (Wildman–Crippen MR) is 102 cm³/mol. The van der Waals surface area contributed by atoms with Crippen LogP contribution in [-0.4, -0.2) is 51.5 Å². The molecule has 144 valence electrons. The van der Waals surface area contributed by atoms with Gasteiger partial charge in [-0.15, -0.1) is 0 Å². The lowest BCUT2D eigenvalue weighted by molar-refractivity contribution is -0.118. The lowest BCUT2D eigenvalue weighted by Gasteiger charge is -2.26. The van der Waals surface area contributed by atoms with Crippen molar-refractivity contribution in [2.75, 3.05) is 38.2 Å². The Morgan fingerprint density at radius 2 is 1.85 bits per heavy atom. The van der Waals surface area contributed by atoms with Crippen LogP contribution in [0, 0.1) is 0 Å². The Morgan fingerprint density at radius 3 is 2.52 bits per heavy atom. The van der Waals surface area contributed by atoms with Crippen LogP contribution in [-0.2, 0) is 19.6 Å². The van der Waals surface area contributed by atoms with Gasteiger partial charge in [-0.3, -0.25) is 4.79 Å². The Bertz CT molecular complexity index is 896.